The SMILES string of the molecule is COc1ccccc1C=C(C)CO. The summed E-state index contributed by atoms with van der Waals surface area (Å²) in [5.41, 5.74) is 1.92. The molecule has 0 aliphatic carbocycles. The maximum atomic E-state index is 8.85. The molecule has 0 amide bonds. The molecule has 0 bridgehead atoms. The molecular weight excluding hydrogens is 164 g/mol. The van der Waals surface area contributed by atoms with E-state index in [1.165, 1.54) is 0 Å². The molecule has 0 spiro atoms. The van der Waals surface area contributed by atoms with Gasteiger partial charge in [-0.15, -0.1) is 0 Å². The fourth-order valence-electron chi connectivity index (χ4n) is 1.10. The number of hydrogen-bond acceptors (Lipinski definition) is 2. The average Bonchev–Trinajstić information content (AvgIpc) is 2.18. The highest BCUT2D eigenvalue weighted by atomic mass is 16.5. The summed E-state index contributed by atoms with van der Waals surface area (Å²) in [6.45, 7) is 1.96. The molecule has 1 aromatic carbocycles. The molecule has 0 radical (unpaired) electrons. The van der Waals surface area contributed by atoms with Crippen molar-refractivity contribution in [1.82, 2.24) is 0 Å². The summed E-state index contributed by atoms with van der Waals surface area (Å²) in [5, 5.41) is 8.85. The standard InChI is InChI=1S/C11H14O2/c1-9(8-12)7-10-5-3-4-6-11(10)13-2/h3-7,12H,8H2,1-2H3. The molecule has 0 atom stereocenters. The largest absolute Gasteiger partial charge is 0.496 e. The van der Waals surface area contributed by atoms with Crippen LogP contribution >= 0.6 is 0 Å². The van der Waals surface area contributed by atoms with Crippen molar-refractivity contribution >= 4 is 6.08 Å². The average molecular weight is 178 g/mol. The zero-order chi connectivity index (χ0) is 9.68. The molecule has 0 aromatic heterocycles. The number of benzene rings is 1. The van der Waals surface area contributed by atoms with Gasteiger partial charge in [0.1, 0.15) is 5.75 Å². The molecule has 70 valence electrons. The highest BCUT2D eigenvalue weighted by molar-refractivity contribution is 5.59. The molecule has 0 unspecified atom stereocenters. The van der Waals surface area contributed by atoms with Crippen LogP contribution in [-0.2, 0) is 0 Å². The molecule has 1 rings (SSSR count). The Morgan fingerprint density at radius 1 is 1.46 bits per heavy atom. The Morgan fingerprint density at radius 2 is 2.15 bits per heavy atom. The summed E-state index contributed by atoms with van der Waals surface area (Å²) in [6.07, 6.45) is 1.92. The summed E-state index contributed by atoms with van der Waals surface area (Å²) < 4.78 is 5.16. The van der Waals surface area contributed by atoms with Crippen molar-refractivity contribution in [2.75, 3.05) is 13.7 Å². The summed E-state index contributed by atoms with van der Waals surface area (Å²) in [7, 11) is 1.64. The summed E-state index contributed by atoms with van der Waals surface area (Å²) in [6, 6.07) is 7.72. The van der Waals surface area contributed by atoms with E-state index in [9.17, 15) is 0 Å². The number of aliphatic hydroxyl groups is 1. The summed E-state index contributed by atoms with van der Waals surface area (Å²) in [5.74, 6) is 0.829. The van der Waals surface area contributed by atoms with Gasteiger partial charge in [-0.2, -0.15) is 0 Å². The molecule has 0 fully saturated rings. The van der Waals surface area contributed by atoms with Gasteiger partial charge in [0.2, 0.25) is 0 Å². The number of hydrogen-bond donors (Lipinski definition) is 1. The second-order valence-electron chi connectivity index (χ2n) is 2.89. The van der Waals surface area contributed by atoms with E-state index >= 15 is 0 Å². The number of methoxy groups -OCH3 is 1. The Morgan fingerprint density at radius 3 is 2.77 bits per heavy atom. The topological polar surface area (TPSA) is 29.5 Å². The van der Waals surface area contributed by atoms with E-state index < -0.39 is 0 Å². The van der Waals surface area contributed by atoms with Gasteiger partial charge in [-0.05, 0) is 18.6 Å². The number of aliphatic hydroxyl groups excluding tert-OH is 1. The van der Waals surface area contributed by atoms with Crippen LogP contribution in [0.3, 0.4) is 0 Å². The van der Waals surface area contributed by atoms with Crippen molar-refractivity contribution in [3.8, 4) is 5.75 Å². The number of para-hydroxylation sites is 1. The Labute approximate surface area is 78.5 Å². The molecule has 1 aromatic rings. The van der Waals surface area contributed by atoms with E-state index in [0.717, 1.165) is 16.9 Å². The van der Waals surface area contributed by atoms with Gasteiger partial charge < -0.3 is 9.84 Å². The molecule has 0 aliphatic heterocycles. The fourth-order valence-corrected chi connectivity index (χ4v) is 1.10. The van der Waals surface area contributed by atoms with Crippen LogP contribution < -0.4 is 4.74 Å². The molecule has 0 aliphatic rings. The van der Waals surface area contributed by atoms with Crippen LogP contribution in [0.25, 0.3) is 6.08 Å². The second-order valence-corrected chi connectivity index (χ2v) is 2.89. The Hall–Kier alpha value is -1.28. The predicted octanol–water partition coefficient (Wildman–Crippen LogP) is 2.09. The lowest BCUT2D eigenvalue weighted by atomic mass is 10.1. The Kier molecular flexibility index (Phi) is 3.53. The van der Waals surface area contributed by atoms with Crippen LogP contribution in [0.1, 0.15) is 12.5 Å². The normalized spacial score (nSPS) is 11.5. The highest BCUT2D eigenvalue weighted by Gasteiger charge is 1.97. The summed E-state index contributed by atoms with van der Waals surface area (Å²) >= 11 is 0. The monoisotopic (exact) mass is 178 g/mol. The van der Waals surface area contributed by atoms with Crippen LogP contribution in [-0.4, -0.2) is 18.8 Å². The molecule has 0 saturated carbocycles. The van der Waals surface area contributed by atoms with Crippen molar-refractivity contribution in [1.29, 1.82) is 0 Å². The van der Waals surface area contributed by atoms with Crippen LogP contribution in [0.2, 0.25) is 0 Å². The first kappa shape index (κ1) is 9.81. The minimum absolute atomic E-state index is 0.0814. The van der Waals surface area contributed by atoms with Crippen LogP contribution in [0.5, 0.6) is 5.75 Å². The highest BCUT2D eigenvalue weighted by Crippen LogP contribution is 2.19. The van der Waals surface area contributed by atoms with Crippen molar-refractivity contribution in [3.05, 3.63) is 35.4 Å². The van der Waals surface area contributed by atoms with Gasteiger partial charge in [-0.1, -0.05) is 24.3 Å². The second kappa shape index (κ2) is 4.67. The molecule has 2 heteroatoms. The zero-order valence-electron chi connectivity index (χ0n) is 7.95. The van der Waals surface area contributed by atoms with E-state index in [1.54, 1.807) is 7.11 Å². The van der Waals surface area contributed by atoms with E-state index in [0.29, 0.717) is 0 Å². The van der Waals surface area contributed by atoms with Crippen molar-refractivity contribution in [2.24, 2.45) is 0 Å². The van der Waals surface area contributed by atoms with Gasteiger partial charge in [-0.25, -0.2) is 0 Å². The van der Waals surface area contributed by atoms with E-state index in [4.69, 9.17) is 9.84 Å². The first-order chi connectivity index (χ1) is 6.27. The van der Waals surface area contributed by atoms with Crippen LogP contribution in [0.4, 0.5) is 0 Å². The van der Waals surface area contributed by atoms with Crippen molar-refractivity contribution in [2.45, 2.75) is 6.92 Å². The van der Waals surface area contributed by atoms with Gasteiger partial charge in [0.15, 0.2) is 0 Å². The van der Waals surface area contributed by atoms with Crippen molar-refractivity contribution in [3.63, 3.8) is 0 Å². The predicted molar refractivity (Wildman–Crippen MR) is 53.7 cm³/mol. The lowest BCUT2D eigenvalue weighted by Crippen LogP contribution is -1.88. The third kappa shape index (κ3) is 2.60. The maximum absolute atomic E-state index is 8.85. The van der Waals surface area contributed by atoms with E-state index in [2.05, 4.69) is 0 Å². The molecule has 2 nitrogen and oxygen atoms in total. The lowest BCUT2D eigenvalue weighted by Gasteiger charge is -2.04. The molecule has 0 saturated heterocycles. The van der Waals surface area contributed by atoms with Gasteiger partial charge in [0.25, 0.3) is 0 Å². The van der Waals surface area contributed by atoms with Gasteiger partial charge in [0, 0.05) is 5.56 Å². The van der Waals surface area contributed by atoms with E-state index in [1.807, 2.05) is 37.3 Å². The van der Waals surface area contributed by atoms with Gasteiger partial charge in [0.05, 0.1) is 13.7 Å². The van der Waals surface area contributed by atoms with Gasteiger partial charge >= 0.3 is 0 Å². The summed E-state index contributed by atoms with van der Waals surface area (Å²) in [4.78, 5) is 0. The quantitative estimate of drug-likeness (QED) is 0.768. The zero-order valence-corrected chi connectivity index (χ0v) is 7.95. The lowest BCUT2D eigenvalue weighted by molar-refractivity contribution is 0.332. The smallest absolute Gasteiger partial charge is 0.126 e. The maximum Gasteiger partial charge on any atom is 0.126 e. The Bertz CT molecular complexity index is 303. The third-order valence-corrected chi connectivity index (χ3v) is 1.79. The first-order valence-corrected chi connectivity index (χ1v) is 4.19. The Balaban J connectivity index is 2.99. The minimum atomic E-state index is 0.0814. The molecule has 0 heterocycles. The first-order valence-electron chi connectivity index (χ1n) is 4.19. The minimum Gasteiger partial charge on any atom is -0.496 e. The molecule has 13 heavy (non-hydrogen) atoms. The fraction of sp³-hybridized carbons (Fsp3) is 0.273. The third-order valence-electron chi connectivity index (χ3n) is 1.79. The number of rotatable bonds is 3. The number of ether oxygens (including phenoxy) is 1. The molecular formula is C11H14O2. The van der Waals surface area contributed by atoms with Crippen LogP contribution in [0, 0.1) is 0 Å². The molecule has 1 N–H and O–H groups in total. The van der Waals surface area contributed by atoms with Gasteiger partial charge in [-0.3, -0.25) is 0 Å². The van der Waals surface area contributed by atoms with Crippen LogP contribution in [0.15, 0.2) is 29.8 Å². The van der Waals surface area contributed by atoms with E-state index in [-0.39, 0.29) is 6.61 Å². The van der Waals surface area contributed by atoms with Crippen molar-refractivity contribution < 1.29 is 9.84 Å².